The summed E-state index contributed by atoms with van der Waals surface area (Å²) in [6.07, 6.45) is 7.84. The third-order valence-corrected chi connectivity index (χ3v) is 5.56. The molecule has 1 aromatic heterocycles. The molecule has 1 aromatic carbocycles. The first kappa shape index (κ1) is 20.3. The van der Waals surface area contributed by atoms with Gasteiger partial charge in [-0.15, -0.1) is 0 Å². The van der Waals surface area contributed by atoms with Gasteiger partial charge in [0, 0.05) is 20.1 Å². The Morgan fingerprint density at radius 1 is 1.07 bits per heavy atom. The number of fused-ring (bicyclic) bond motifs is 1. The molecule has 1 unspecified atom stereocenters. The lowest BCUT2D eigenvalue weighted by Gasteiger charge is -2.21. The summed E-state index contributed by atoms with van der Waals surface area (Å²) in [5, 5.41) is 11.2. The van der Waals surface area contributed by atoms with Gasteiger partial charge in [-0.1, -0.05) is 37.8 Å². The molecule has 1 aliphatic heterocycles. The van der Waals surface area contributed by atoms with Gasteiger partial charge in [-0.05, 0) is 37.3 Å². The molecule has 1 aliphatic rings. The molecule has 7 nitrogen and oxygen atoms in total. The second-order valence-corrected chi connectivity index (χ2v) is 7.56. The summed E-state index contributed by atoms with van der Waals surface area (Å²) in [4.78, 5) is 36.6. The molecule has 2 aromatic rings. The Morgan fingerprint density at radius 2 is 1.79 bits per heavy atom. The zero-order valence-corrected chi connectivity index (χ0v) is 16.4. The van der Waals surface area contributed by atoms with Crippen LogP contribution in [0.15, 0.2) is 23.0 Å². The number of hydrogen-bond donors (Lipinski definition) is 2. The van der Waals surface area contributed by atoms with Crippen molar-refractivity contribution in [1.29, 1.82) is 0 Å². The Balaban J connectivity index is 1.78. The van der Waals surface area contributed by atoms with Gasteiger partial charge in [-0.25, -0.2) is 4.79 Å². The number of imidazole rings is 1. The van der Waals surface area contributed by atoms with Crippen LogP contribution in [0.25, 0.3) is 11.0 Å². The molecule has 2 amide bonds. The minimum Gasteiger partial charge on any atom is -0.396 e. The van der Waals surface area contributed by atoms with Crippen LogP contribution in [-0.4, -0.2) is 32.7 Å². The second-order valence-electron chi connectivity index (χ2n) is 7.56. The van der Waals surface area contributed by atoms with E-state index in [1.165, 1.54) is 4.57 Å². The average molecular weight is 387 g/mol. The predicted octanol–water partition coefficient (Wildman–Crippen LogP) is 2.19. The Kier molecular flexibility index (Phi) is 6.67. The van der Waals surface area contributed by atoms with Crippen molar-refractivity contribution in [1.82, 2.24) is 14.5 Å². The number of hydrogen-bond acceptors (Lipinski definition) is 4. The molecule has 0 bridgehead atoms. The first-order valence-corrected chi connectivity index (χ1v) is 10.2. The summed E-state index contributed by atoms with van der Waals surface area (Å²) in [6.45, 7) is 0.264. The van der Waals surface area contributed by atoms with Gasteiger partial charge in [0.05, 0.1) is 11.0 Å². The van der Waals surface area contributed by atoms with E-state index >= 15 is 0 Å². The smallest absolute Gasteiger partial charge is 0.329 e. The number of nitrogens with one attached hydrogen (secondary N) is 1. The number of piperidine rings is 1. The van der Waals surface area contributed by atoms with Gasteiger partial charge in [0.15, 0.2) is 0 Å². The molecule has 0 aliphatic carbocycles. The van der Waals surface area contributed by atoms with Gasteiger partial charge in [0.25, 0.3) is 0 Å². The fourth-order valence-electron chi connectivity index (χ4n) is 4.09. The number of carbonyl (C=O) groups is 2. The Morgan fingerprint density at radius 3 is 2.50 bits per heavy atom. The topological polar surface area (TPSA) is 93.3 Å². The van der Waals surface area contributed by atoms with Crippen LogP contribution in [0, 0.1) is 0 Å². The minimum atomic E-state index is -0.643. The number of amides is 2. The van der Waals surface area contributed by atoms with E-state index < -0.39 is 11.9 Å². The van der Waals surface area contributed by atoms with Crippen LogP contribution >= 0.6 is 0 Å². The maximum absolute atomic E-state index is 12.9. The molecule has 1 fully saturated rings. The van der Waals surface area contributed by atoms with Gasteiger partial charge < -0.3 is 5.11 Å². The van der Waals surface area contributed by atoms with E-state index in [2.05, 4.69) is 5.32 Å². The van der Waals surface area contributed by atoms with Crippen molar-refractivity contribution in [3.05, 3.63) is 34.2 Å². The number of para-hydroxylation sites is 1. The molecule has 0 spiro atoms. The third kappa shape index (κ3) is 4.19. The van der Waals surface area contributed by atoms with Crippen molar-refractivity contribution < 1.29 is 14.7 Å². The molecule has 2 N–H and O–H groups in total. The lowest BCUT2D eigenvalue weighted by molar-refractivity contribution is -0.135. The van der Waals surface area contributed by atoms with Gasteiger partial charge in [0.2, 0.25) is 11.8 Å². The summed E-state index contributed by atoms with van der Waals surface area (Å²) >= 11 is 0. The Labute approximate surface area is 164 Å². The zero-order valence-electron chi connectivity index (χ0n) is 16.4. The summed E-state index contributed by atoms with van der Waals surface area (Å²) in [7, 11) is 1.74. The molecular formula is C21H29N3O4. The molecule has 7 heteroatoms. The number of nitrogens with zero attached hydrogens (tertiary/aromatic N) is 2. The van der Waals surface area contributed by atoms with E-state index in [0.717, 1.165) is 61.5 Å². The fraction of sp³-hybridized carbons (Fsp3) is 0.571. The third-order valence-electron chi connectivity index (χ3n) is 5.56. The number of aromatic nitrogens is 2. The number of unbranched alkanes of at least 4 members (excludes halogenated alkanes) is 5. The molecule has 2 heterocycles. The number of aliphatic hydroxyl groups is 1. The summed E-state index contributed by atoms with van der Waals surface area (Å²) in [5.41, 5.74) is 2.51. The molecule has 1 atom stereocenters. The quantitative estimate of drug-likeness (QED) is 0.509. The molecule has 0 saturated carbocycles. The van der Waals surface area contributed by atoms with Crippen molar-refractivity contribution >= 4 is 22.8 Å². The predicted molar refractivity (Wildman–Crippen MR) is 107 cm³/mol. The molecule has 3 rings (SSSR count). The fourth-order valence-corrected chi connectivity index (χ4v) is 4.09. The Bertz CT molecular complexity index is 912. The standard InChI is InChI=1S/C21H29N3O4/c1-23-19-15(9-6-4-2-3-5-7-14-25)10-8-11-16(19)24(21(23)28)17-12-13-18(26)22-20(17)27/h8,10-11,17,25H,2-7,9,12-14H2,1H3,(H,22,26,27). The summed E-state index contributed by atoms with van der Waals surface area (Å²) < 4.78 is 3.16. The number of carbonyl (C=O) groups excluding carboxylic acids is 2. The minimum absolute atomic E-state index is 0.221. The average Bonchev–Trinajstić information content (AvgIpc) is 2.93. The monoisotopic (exact) mass is 387 g/mol. The number of benzene rings is 1. The van der Waals surface area contributed by atoms with Crippen LogP contribution in [-0.2, 0) is 23.1 Å². The van der Waals surface area contributed by atoms with Crippen molar-refractivity contribution in [2.24, 2.45) is 7.05 Å². The van der Waals surface area contributed by atoms with Gasteiger partial charge in [-0.2, -0.15) is 0 Å². The van der Waals surface area contributed by atoms with E-state index in [1.807, 2.05) is 18.2 Å². The Hall–Kier alpha value is -2.41. The second kappa shape index (κ2) is 9.19. The molecule has 1 saturated heterocycles. The van der Waals surface area contributed by atoms with E-state index in [9.17, 15) is 14.4 Å². The van der Waals surface area contributed by atoms with E-state index in [-0.39, 0.29) is 24.6 Å². The van der Waals surface area contributed by atoms with Crippen LogP contribution in [0.5, 0.6) is 0 Å². The molecule has 28 heavy (non-hydrogen) atoms. The lowest BCUT2D eigenvalue weighted by Crippen LogP contribution is -2.44. The first-order chi connectivity index (χ1) is 13.5. The lowest BCUT2D eigenvalue weighted by atomic mass is 10.0. The largest absolute Gasteiger partial charge is 0.396 e. The van der Waals surface area contributed by atoms with Gasteiger partial charge >= 0.3 is 5.69 Å². The normalized spacial score (nSPS) is 17.3. The number of rotatable bonds is 9. The maximum atomic E-state index is 12.9. The maximum Gasteiger partial charge on any atom is 0.329 e. The molecule has 152 valence electrons. The highest BCUT2D eigenvalue weighted by Crippen LogP contribution is 2.25. The number of aryl methyl sites for hydroxylation is 2. The van der Waals surface area contributed by atoms with E-state index in [1.54, 1.807) is 11.6 Å². The summed E-state index contributed by atoms with van der Waals surface area (Å²) in [5.74, 6) is -0.687. The van der Waals surface area contributed by atoms with Crippen molar-refractivity contribution in [3.8, 4) is 0 Å². The van der Waals surface area contributed by atoms with Crippen LogP contribution in [0.2, 0.25) is 0 Å². The first-order valence-electron chi connectivity index (χ1n) is 10.2. The van der Waals surface area contributed by atoms with Crippen molar-refractivity contribution in [3.63, 3.8) is 0 Å². The van der Waals surface area contributed by atoms with Crippen LogP contribution in [0.3, 0.4) is 0 Å². The van der Waals surface area contributed by atoms with E-state index in [0.29, 0.717) is 6.42 Å². The van der Waals surface area contributed by atoms with Crippen molar-refractivity contribution in [2.45, 2.75) is 63.8 Å². The van der Waals surface area contributed by atoms with Crippen LogP contribution in [0.4, 0.5) is 0 Å². The van der Waals surface area contributed by atoms with Gasteiger partial charge in [-0.3, -0.25) is 24.0 Å². The van der Waals surface area contributed by atoms with Crippen LogP contribution in [0.1, 0.15) is 63.0 Å². The number of imide groups is 1. The SMILES string of the molecule is Cn1c(=O)n(C2CCC(=O)NC2=O)c2cccc(CCCCCCCCO)c21. The van der Waals surface area contributed by atoms with E-state index in [4.69, 9.17) is 5.11 Å². The zero-order chi connectivity index (χ0) is 20.1. The van der Waals surface area contributed by atoms with Crippen LogP contribution < -0.4 is 11.0 Å². The summed E-state index contributed by atoms with van der Waals surface area (Å²) in [6, 6.07) is 5.21. The number of aliphatic hydroxyl groups excluding tert-OH is 1. The highest BCUT2D eigenvalue weighted by molar-refractivity contribution is 6.00. The molecular weight excluding hydrogens is 358 g/mol. The molecule has 0 radical (unpaired) electrons. The highest BCUT2D eigenvalue weighted by atomic mass is 16.3. The highest BCUT2D eigenvalue weighted by Gasteiger charge is 2.31. The van der Waals surface area contributed by atoms with Gasteiger partial charge in [0.1, 0.15) is 6.04 Å². The van der Waals surface area contributed by atoms with Crippen molar-refractivity contribution in [2.75, 3.05) is 6.61 Å².